The lowest BCUT2D eigenvalue weighted by molar-refractivity contribution is -0.139. The molecule has 0 aliphatic heterocycles. The summed E-state index contributed by atoms with van der Waals surface area (Å²) in [6.45, 7) is 6.18. The Hall–Kier alpha value is -2.80. The SMILES string of the molecule is COc1cc(C(=O)/C=C/c2c(C)nn(CC(C)C)c2Cl)ccc1OCC(=O)O. The smallest absolute Gasteiger partial charge is 0.341 e. The molecule has 0 radical (unpaired) electrons. The Kier molecular flexibility index (Phi) is 7.23. The summed E-state index contributed by atoms with van der Waals surface area (Å²) in [5.41, 5.74) is 1.81. The Labute approximate surface area is 168 Å². The van der Waals surface area contributed by atoms with Crippen molar-refractivity contribution < 1.29 is 24.2 Å². The van der Waals surface area contributed by atoms with Crippen molar-refractivity contribution in [3.63, 3.8) is 0 Å². The number of carboxylic acids is 1. The molecule has 8 heteroatoms. The third-order valence-corrected chi connectivity index (χ3v) is 4.25. The largest absolute Gasteiger partial charge is 0.493 e. The zero-order chi connectivity index (χ0) is 20.8. The maximum atomic E-state index is 12.5. The van der Waals surface area contributed by atoms with Gasteiger partial charge in [-0.25, -0.2) is 4.79 Å². The van der Waals surface area contributed by atoms with E-state index in [9.17, 15) is 9.59 Å². The molecule has 2 rings (SSSR count). The van der Waals surface area contributed by atoms with Crippen molar-refractivity contribution in [3.05, 3.63) is 46.2 Å². The first-order chi connectivity index (χ1) is 13.2. The normalized spacial score (nSPS) is 11.2. The number of ether oxygens (including phenoxy) is 2. The van der Waals surface area contributed by atoms with Gasteiger partial charge in [-0.2, -0.15) is 5.10 Å². The average Bonchev–Trinajstić information content (AvgIpc) is 2.90. The molecule has 150 valence electrons. The summed E-state index contributed by atoms with van der Waals surface area (Å²) in [7, 11) is 1.42. The Morgan fingerprint density at radius 3 is 2.64 bits per heavy atom. The van der Waals surface area contributed by atoms with Gasteiger partial charge in [0.2, 0.25) is 0 Å². The van der Waals surface area contributed by atoms with Gasteiger partial charge in [0.25, 0.3) is 0 Å². The van der Waals surface area contributed by atoms with Crippen LogP contribution in [0.25, 0.3) is 6.08 Å². The van der Waals surface area contributed by atoms with Crippen LogP contribution in [-0.2, 0) is 11.3 Å². The number of rotatable bonds is 9. The predicted molar refractivity (Wildman–Crippen MR) is 106 cm³/mol. The molecule has 1 N–H and O–H groups in total. The van der Waals surface area contributed by atoms with Crippen molar-refractivity contribution in [3.8, 4) is 11.5 Å². The van der Waals surface area contributed by atoms with E-state index in [-0.39, 0.29) is 17.3 Å². The topological polar surface area (TPSA) is 90.6 Å². The third kappa shape index (κ3) is 5.36. The van der Waals surface area contributed by atoms with Gasteiger partial charge in [0.15, 0.2) is 23.9 Å². The summed E-state index contributed by atoms with van der Waals surface area (Å²) in [4.78, 5) is 23.2. The van der Waals surface area contributed by atoms with Crippen LogP contribution >= 0.6 is 11.6 Å². The highest BCUT2D eigenvalue weighted by Crippen LogP contribution is 2.29. The number of aliphatic carboxylic acids is 1. The van der Waals surface area contributed by atoms with Gasteiger partial charge in [0, 0.05) is 17.7 Å². The summed E-state index contributed by atoms with van der Waals surface area (Å²) in [5, 5.41) is 13.6. The molecule has 0 atom stereocenters. The molecule has 1 aromatic carbocycles. The summed E-state index contributed by atoms with van der Waals surface area (Å²) >= 11 is 6.39. The number of aromatic nitrogens is 2. The van der Waals surface area contributed by atoms with Gasteiger partial charge in [0.05, 0.1) is 12.8 Å². The van der Waals surface area contributed by atoms with Crippen molar-refractivity contribution in [1.29, 1.82) is 0 Å². The van der Waals surface area contributed by atoms with Crippen LogP contribution in [0.5, 0.6) is 11.5 Å². The Morgan fingerprint density at radius 1 is 1.32 bits per heavy atom. The summed E-state index contributed by atoms with van der Waals surface area (Å²) in [6, 6.07) is 4.55. The predicted octanol–water partition coefficient (Wildman–Crippen LogP) is 3.87. The first kappa shape index (κ1) is 21.5. The van der Waals surface area contributed by atoms with Gasteiger partial charge < -0.3 is 14.6 Å². The van der Waals surface area contributed by atoms with Gasteiger partial charge in [-0.15, -0.1) is 0 Å². The standard InChI is InChI=1S/C20H23ClN2O5/c1-12(2)10-23-20(21)15(13(3)22-23)6-7-16(24)14-5-8-17(18(9-14)27-4)28-11-19(25)26/h5-9,12H,10-11H2,1-4H3,(H,25,26)/b7-6+. The van der Waals surface area contributed by atoms with Gasteiger partial charge in [0.1, 0.15) is 5.15 Å². The molecule has 7 nitrogen and oxygen atoms in total. The van der Waals surface area contributed by atoms with Crippen molar-refractivity contribution in [2.75, 3.05) is 13.7 Å². The summed E-state index contributed by atoms with van der Waals surface area (Å²) in [5.74, 6) is -0.436. The van der Waals surface area contributed by atoms with E-state index in [2.05, 4.69) is 18.9 Å². The molecule has 28 heavy (non-hydrogen) atoms. The number of methoxy groups -OCH3 is 1. The van der Waals surface area contributed by atoms with Crippen LogP contribution < -0.4 is 9.47 Å². The van der Waals surface area contributed by atoms with Crippen molar-refractivity contribution in [2.24, 2.45) is 5.92 Å². The molecule has 1 heterocycles. The monoisotopic (exact) mass is 406 g/mol. The number of allylic oxidation sites excluding steroid dienone is 1. The lowest BCUT2D eigenvalue weighted by Gasteiger charge is -2.10. The first-order valence-electron chi connectivity index (χ1n) is 8.70. The highest BCUT2D eigenvalue weighted by atomic mass is 35.5. The number of ketones is 1. The van der Waals surface area contributed by atoms with E-state index in [0.29, 0.717) is 28.7 Å². The molecule has 0 aliphatic carbocycles. The van der Waals surface area contributed by atoms with Crippen molar-refractivity contribution in [2.45, 2.75) is 27.3 Å². The maximum Gasteiger partial charge on any atom is 0.341 e. The lowest BCUT2D eigenvalue weighted by Crippen LogP contribution is -2.10. The third-order valence-electron chi connectivity index (χ3n) is 3.85. The van der Waals surface area contributed by atoms with Gasteiger partial charge >= 0.3 is 5.97 Å². The van der Waals surface area contributed by atoms with Crippen LogP contribution in [0.4, 0.5) is 0 Å². The van der Waals surface area contributed by atoms with Crippen molar-refractivity contribution >= 4 is 29.4 Å². The minimum absolute atomic E-state index is 0.249. The fourth-order valence-corrected chi connectivity index (χ4v) is 2.86. The molecule has 2 aromatic rings. The first-order valence-corrected chi connectivity index (χ1v) is 9.08. The van der Waals surface area contributed by atoms with Crippen molar-refractivity contribution in [1.82, 2.24) is 9.78 Å². The molecule has 0 unspecified atom stereocenters. The molecule has 0 saturated carbocycles. The molecule has 0 saturated heterocycles. The highest BCUT2D eigenvalue weighted by Gasteiger charge is 2.14. The molecule has 0 spiro atoms. The number of carbonyl (C=O) groups excluding carboxylic acids is 1. The minimum atomic E-state index is -1.10. The van der Waals surface area contributed by atoms with E-state index in [1.807, 2.05) is 6.92 Å². The number of hydrogen-bond acceptors (Lipinski definition) is 5. The van der Waals surface area contributed by atoms with Crippen LogP contribution in [0.15, 0.2) is 24.3 Å². The number of benzene rings is 1. The quantitative estimate of drug-likeness (QED) is 0.502. The summed E-state index contributed by atoms with van der Waals surface area (Å²) < 4.78 is 12.0. The Morgan fingerprint density at radius 2 is 2.04 bits per heavy atom. The van der Waals surface area contributed by atoms with Gasteiger partial charge in [-0.05, 0) is 43.2 Å². The van der Waals surface area contributed by atoms with E-state index in [4.69, 9.17) is 26.2 Å². The maximum absolute atomic E-state index is 12.5. The lowest BCUT2D eigenvalue weighted by atomic mass is 10.1. The number of carbonyl (C=O) groups is 2. The summed E-state index contributed by atoms with van der Waals surface area (Å²) in [6.07, 6.45) is 3.06. The molecular weight excluding hydrogens is 384 g/mol. The van der Waals surface area contributed by atoms with E-state index >= 15 is 0 Å². The minimum Gasteiger partial charge on any atom is -0.493 e. The van der Waals surface area contributed by atoms with Gasteiger partial charge in [-0.1, -0.05) is 25.4 Å². The fraction of sp³-hybridized carbons (Fsp3) is 0.350. The van der Waals surface area contributed by atoms with E-state index in [0.717, 1.165) is 5.69 Å². The molecule has 0 amide bonds. The van der Waals surface area contributed by atoms with Crippen LogP contribution in [-0.4, -0.2) is 40.4 Å². The van der Waals surface area contributed by atoms with Crippen LogP contribution in [0, 0.1) is 12.8 Å². The van der Waals surface area contributed by atoms with E-state index in [1.165, 1.54) is 25.3 Å². The van der Waals surface area contributed by atoms with Crippen LogP contribution in [0.2, 0.25) is 5.15 Å². The average molecular weight is 407 g/mol. The molecule has 0 fully saturated rings. The Balaban J connectivity index is 2.21. The van der Waals surface area contributed by atoms with Gasteiger partial charge in [-0.3, -0.25) is 9.48 Å². The zero-order valence-electron chi connectivity index (χ0n) is 16.2. The number of halogens is 1. The number of carboxylic acid groups (broad SMARTS) is 1. The zero-order valence-corrected chi connectivity index (χ0v) is 17.0. The Bertz CT molecular complexity index is 902. The highest BCUT2D eigenvalue weighted by molar-refractivity contribution is 6.31. The fourth-order valence-electron chi connectivity index (χ4n) is 2.56. The van der Waals surface area contributed by atoms with E-state index in [1.54, 1.807) is 16.8 Å². The molecule has 1 aromatic heterocycles. The molecule has 0 bridgehead atoms. The second-order valence-electron chi connectivity index (χ2n) is 6.61. The second-order valence-corrected chi connectivity index (χ2v) is 6.97. The number of nitrogens with zero attached hydrogens (tertiary/aromatic N) is 2. The molecular formula is C20H23ClN2O5. The second kappa shape index (κ2) is 9.41. The number of hydrogen-bond donors (Lipinski definition) is 1. The van der Waals surface area contributed by atoms with Crippen LogP contribution in [0.3, 0.4) is 0 Å². The van der Waals surface area contributed by atoms with Crippen LogP contribution in [0.1, 0.15) is 35.5 Å². The molecule has 0 aliphatic rings. The number of aryl methyl sites for hydroxylation is 1. The van der Waals surface area contributed by atoms with E-state index < -0.39 is 12.6 Å².